The first kappa shape index (κ1) is 19.5. The number of benzene rings is 3. The normalized spacial score (nSPS) is 18.4. The standard InChI is InChI=1S/C25H23N3O2/c1-27-24(30)22(17-10-4-2-5-11-17)25(18-12-6-3-7-13-18)16-20(23(26)29)19-14-8-9-15-21(19)28-25/h2-16,22,28H,1H3,(H2,26,29)(H,27,30). The summed E-state index contributed by atoms with van der Waals surface area (Å²) in [5, 5.41) is 6.38. The summed E-state index contributed by atoms with van der Waals surface area (Å²) in [5.74, 6) is -1.35. The maximum absolute atomic E-state index is 13.3. The fourth-order valence-corrected chi connectivity index (χ4v) is 4.20. The number of rotatable bonds is 5. The minimum atomic E-state index is -1.01. The van der Waals surface area contributed by atoms with Crippen molar-refractivity contribution < 1.29 is 9.59 Å². The number of para-hydroxylation sites is 1. The van der Waals surface area contributed by atoms with Crippen LogP contribution < -0.4 is 16.4 Å². The van der Waals surface area contributed by atoms with Crippen LogP contribution in [0, 0.1) is 0 Å². The molecule has 5 heteroatoms. The summed E-state index contributed by atoms with van der Waals surface area (Å²) in [6, 6.07) is 26.7. The van der Waals surface area contributed by atoms with Crippen molar-refractivity contribution in [2.75, 3.05) is 12.4 Å². The Kier molecular flexibility index (Phi) is 5.11. The first-order valence-corrected chi connectivity index (χ1v) is 9.79. The van der Waals surface area contributed by atoms with Crippen LogP contribution in [0.25, 0.3) is 5.57 Å². The predicted octanol–water partition coefficient (Wildman–Crippen LogP) is 3.41. The summed E-state index contributed by atoms with van der Waals surface area (Å²) in [6.07, 6.45) is 1.81. The van der Waals surface area contributed by atoms with Gasteiger partial charge in [-0.25, -0.2) is 0 Å². The van der Waals surface area contributed by atoms with Crippen LogP contribution in [0.5, 0.6) is 0 Å². The number of anilines is 1. The molecule has 0 saturated carbocycles. The molecule has 5 nitrogen and oxygen atoms in total. The van der Waals surface area contributed by atoms with Crippen LogP contribution in [-0.4, -0.2) is 18.9 Å². The fourth-order valence-electron chi connectivity index (χ4n) is 4.20. The quantitative estimate of drug-likeness (QED) is 0.617. The number of hydrogen-bond donors (Lipinski definition) is 3. The highest BCUT2D eigenvalue weighted by molar-refractivity contribution is 6.21. The monoisotopic (exact) mass is 397 g/mol. The first-order valence-electron chi connectivity index (χ1n) is 9.79. The van der Waals surface area contributed by atoms with Gasteiger partial charge in [0.25, 0.3) is 0 Å². The molecule has 30 heavy (non-hydrogen) atoms. The molecule has 150 valence electrons. The highest BCUT2D eigenvalue weighted by Gasteiger charge is 2.46. The zero-order valence-electron chi connectivity index (χ0n) is 16.6. The van der Waals surface area contributed by atoms with Crippen LogP contribution in [0.4, 0.5) is 5.69 Å². The molecule has 2 amide bonds. The second-order valence-electron chi connectivity index (χ2n) is 7.29. The van der Waals surface area contributed by atoms with Gasteiger partial charge in [0.15, 0.2) is 0 Å². The third-order valence-corrected chi connectivity index (χ3v) is 5.54. The molecule has 1 aliphatic rings. The third kappa shape index (κ3) is 3.24. The molecule has 2 atom stereocenters. The molecule has 3 aromatic rings. The predicted molar refractivity (Wildman–Crippen MR) is 119 cm³/mol. The number of amides is 2. The Bertz CT molecular complexity index is 1110. The number of nitrogens with two attached hydrogens (primary N) is 1. The van der Waals surface area contributed by atoms with Crippen LogP contribution in [0.3, 0.4) is 0 Å². The van der Waals surface area contributed by atoms with E-state index in [1.165, 1.54) is 0 Å². The molecule has 1 heterocycles. The molecule has 0 saturated heterocycles. The summed E-state index contributed by atoms with van der Waals surface area (Å²) in [4.78, 5) is 25.7. The van der Waals surface area contributed by atoms with Gasteiger partial charge in [0, 0.05) is 23.9 Å². The zero-order valence-corrected chi connectivity index (χ0v) is 16.6. The maximum atomic E-state index is 13.3. The highest BCUT2D eigenvalue weighted by Crippen LogP contribution is 2.47. The third-order valence-electron chi connectivity index (χ3n) is 5.54. The minimum Gasteiger partial charge on any atom is -0.371 e. The number of carbonyl (C=O) groups excluding carboxylic acids is 2. The number of primary amides is 1. The Morgan fingerprint density at radius 1 is 0.900 bits per heavy atom. The SMILES string of the molecule is CNC(=O)C(c1ccccc1)C1(c2ccccc2)C=C(C(N)=O)c2ccccc2N1. The number of likely N-dealkylation sites (N-methyl/N-ethyl adjacent to an activating group) is 1. The molecule has 3 aromatic carbocycles. The Morgan fingerprint density at radius 3 is 2.13 bits per heavy atom. The minimum absolute atomic E-state index is 0.169. The van der Waals surface area contributed by atoms with Crippen molar-refractivity contribution in [3.05, 3.63) is 108 Å². The van der Waals surface area contributed by atoms with Crippen molar-refractivity contribution in [1.82, 2.24) is 5.32 Å². The molecular formula is C25H23N3O2. The van der Waals surface area contributed by atoms with Gasteiger partial charge in [-0.15, -0.1) is 0 Å². The Balaban J connectivity index is 2.05. The van der Waals surface area contributed by atoms with Crippen molar-refractivity contribution in [2.45, 2.75) is 11.5 Å². The second-order valence-corrected chi connectivity index (χ2v) is 7.29. The van der Waals surface area contributed by atoms with Crippen molar-refractivity contribution in [3.63, 3.8) is 0 Å². The number of fused-ring (bicyclic) bond motifs is 1. The summed E-state index contributed by atoms with van der Waals surface area (Å²) >= 11 is 0. The summed E-state index contributed by atoms with van der Waals surface area (Å²) in [5.41, 5.74) is 8.33. The summed E-state index contributed by atoms with van der Waals surface area (Å²) in [7, 11) is 1.62. The van der Waals surface area contributed by atoms with Gasteiger partial charge < -0.3 is 16.4 Å². The van der Waals surface area contributed by atoms with E-state index in [1.54, 1.807) is 13.1 Å². The number of carbonyl (C=O) groups is 2. The number of hydrogen-bond acceptors (Lipinski definition) is 3. The molecule has 0 bridgehead atoms. The van der Waals surface area contributed by atoms with E-state index in [0.717, 1.165) is 22.4 Å². The topological polar surface area (TPSA) is 84.2 Å². The van der Waals surface area contributed by atoms with Crippen molar-refractivity contribution >= 4 is 23.1 Å². The van der Waals surface area contributed by atoms with E-state index in [0.29, 0.717) is 5.57 Å². The van der Waals surface area contributed by atoms with Gasteiger partial charge in [-0.1, -0.05) is 78.9 Å². The Morgan fingerprint density at radius 2 is 1.50 bits per heavy atom. The van der Waals surface area contributed by atoms with Gasteiger partial charge in [0.05, 0.1) is 11.5 Å². The number of nitrogens with one attached hydrogen (secondary N) is 2. The molecule has 4 rings (SSSR count). The average molecular weight is 397 g/mol. The van der Waals surface area contributed by atoms with Crippen molar-refractivity contribution in [1.29, 1.82) is 0 Å². The van der Waals surface area contributed by atoms with Crippen LogP contribution >= 0.6 is 0 Å². The maximum Gasteiger partial charge on any atom is 0.249 e. The van der Waals surface area contributed by atoms with E-state index in [2.05, 4.69) is 10.6 Å². The lowest BCUT2D eigenvalue weighted by Crippen LogP contribution is -2.48. The van der Waals surface area contributed by atoms with Gasteiger partial charge in [-0.2, -0.15) is 0 Å². The van der Waals surface area contributed by atoms with Crippen LogP contribution in [0.15, 0.2) is 91.0 Å². The molecule has 0 aromatic heterocycles. The largest absolute Gasteiger partial charge is 0.371 e. The van der Waals surface area contributed by atoms with Crippen LogP contribution in [0.1, 0.15) is 22.6 Å². The zero-order chi connectivity index (χ0) is 21.1. The Hall–Kier alpha value is -3.86. The van der Waals surface area contributed by atoms with Crippen molar-refractivity contribution in [2.24, 2.45) is 5.73 Å². The van der Waals surface area contributed by atoms with Gasteiger partial charge in [0.2, 0.25) is 11.8 Å². The molecule has 4 N–H and O–H groups in total. The molecular weight excluding hydrogens is 374 g/mol. The van der Waals surface area contributed by atoms with Gasteiger partial charge >= 0.3 is 0 Å². The van der Waals surface area contributed by atoms with E-state index >= 15 is 0 Å². The summed E-state index contributed by atoms with van der Waals surface area (Å²) in [6.45, 7) is 0. The Labute approximate surface area is 175 Å². The molecule has 2 unspecified atom stereocenters. The summed E-state index contributed by atoms with van der Waals surface area (Å²) < 4.78 is 0. The van der Waals surface area contributed by atoms with E-state index in [4.69, 9.17) is 5.73 Å². The average Bonchev–Trinajstić information content (AvgIpc) is 2.79. The first-order chi connectivity index (χ1) is 14.6. The van der Waals surface area contributed by atoms with Crippen molar-refractivity contribution in [3.8, 4) is 0 Å². The molecule has 0 spiro atoms. The molecule has 0 fully saturated rings. The smallest absolute Gasteiger partial charge is 0.249 e. The van der Waals surface area contributed by atoms with E-state index < -0.39 is 17.4 Å². The lowest BCUT2D eigenvalue weighted by molar-refractivity contribution is -0.123. The van der Waals surface area contributed by atoms with E-state index in [1.807, 2.05) is 84.9 Å². The van der Waals surface area contributed by atoms with Gasteiger partial charge in [-0.05, 0) is 23.3 Å². The van der Waals surface area contributed by atoms with Crippen LogP contribution in [-0.2, 0) is 15.1 Å². The lowest BCUT2D eigenvalue weighted by atomic mass is 9.70. The molecule has 0 aliphatic carbocycles. The molecule has 0 radical (unpaired) electrons. The highest BCUT2D eigenvalue weighted by atomic mass is 16.2. The van der Waals surface area contributed by atoms with Crippen LogP contribution in [0.2, 0.25) is 0 Å². The lowest BCUT2D eigenvalue weighted by Gasteiger charge is -2.43. The van der Waals surface area contributed by atoms with E-state index in [9.17, 15) is 9.59 Å². The molecule has 1 aliphatic heterocycles. The van der Waals surface area contributed by atoms with E-state index in [-0.39, 0.29) is 5.91 Å². The van der Waals surface area contributed by atoms with Gasteiger partial charge in [-0.3, -0.25) is 9.59 Å². The fraction of sp³-hybridized carbons (Fsp3) is 0.120. The second kappa shape index (κ2) is 7.87. The van der Waals surface area contributed by atoms with Gasteiger partial charge in [0.1, 0.15) is 0 Å².